The molecule has 2 aromatic carbocycles. The largest absolute Gasteiger partial charge is 0.508 e. The van der Waals surface area contributed by atoms with Crippen molar-refractivity contribution in [3.8, 4) is 17.2 Å². The molecule has 0 bridgehead atoms. The molecule has 0 saturated carbocycles. The lowest BCUT2D eigenvalue weighted by atomic mass is 9.91. The van der Waals surface area contributed by atoms with Crippen LogP contribution in [0.2, 0.25) is 0 Å². The van der Waals surface area contributed by atoms with E-state index in [-0.39, 0.29) is 22.8 Å². The summed E-state index contributed by atoms with van der Waals surface area (Å²) in [5.74, 6) is 0.0675. The van der Waals surface area contributed by atoms with Crippen LogP contribution in [-0.4, -0.2) is 38.9 Å². The molecule has 2 radical (unpaired) electrons. The molecule has 134 valence electrons. The molecule has 2 rings (SSSR count). The highest BCUT2D eigenvalue weighted by molar-refractivity contribution is 5.40. The first kappa shape index (κ1) is 19.1. The zero-order valence-corrected chi connectivity index (χ0v) is 15.2. The van der Waals surface area contributed by atoms with Gasteiger partial charge in [0, 0.05) is 12.8 Å². The molecule has 4 heteroatoms. The fourth-order valence-electron chi connectivity index (χ4n) is 2.76. The van der Waals surface area contributed by atoms with Crippen molar-refractivity contribution in [3.63, 3.8) is 0 Å². The monoisotopic (exact) mass is 342 g/mol. The molecule has 0 fully saturated rings. The summed E-state index contributed by atoms with van der Waals surface area (Å²) in [6.07, 6.45) is 2.51. The molecule has 0 aliphatic heterocycles. The number of nitrogens with zero attached hydrogens (tertiary/aromatic N) is 1. The molecule has 0 aromatic heterocycles. The Morgan fingerprint density at radius 2 is 1.48 bits per heavy atom. The van der Waals surface area contributed by atoms with Crippen LogP contribution in [0.4, 0.5) is 0 Å². The van der Waals surface area contributed by atoms with Crippen LogP contribution >= 0.6 is 0 Å². The maximum Gasteiger partial charge on any atom is 0.207 e. The van der Waals surface area contributed by atoms with Crippen molar-refractivity contribution < 1.29 is 19.8 Å². The van der Waals surface area contributed by atoms with Gasteiger partial charge >= 0.3 is 0 Å². The minimum absolute atomic E-state index is 0.102. The molecule has 1 atom stereocenters. The van der Waals surface area contributed by atoms with E-state index in [1.807, 2.05) is 19.2 Å². The molecule has 0 saturated heterocycles. The summed E-state index contributed by atoms with van der Waals surface area (Å²) < 4.78 is 0.354. The normalized spacial score (nSPS) is 12.3. The van der Waals surface area contributed by atoms with E-state index in [4.69, 9.17) is 7.05 Å². The van der Waals surface area contributed by atoms with Gasteiger partial charge < -0.3 is 19.8 Å². The van der Waals surface area contributed by atoms with E-state index < -0.39 is 0 Å². The van der Waals surface area contributed by atoms with Crippen LogP contribution in [-0.2, 0) is 12.8 Å². The van der Waals surface area contributed by atoms with E-state index in [1.165, 1.54) is 11.6 Å². The van der Waals surface area contributed by atoms with E-state index in [0.717, 1.165) is 18.4 Å². The van der Waals surface area contributed by atoms with E-state index in [1.54, 1.807) is 24.3 Å². The van der Waals surface area contributed by atoms with Crippen LogP contribution in [0.15, 0.2) is 42.5 Å². The Balaban J connectivity index is 1.97. The van der Waals surface area contributed by atoms with Crippen molar-refractivity contribution in [2.75, 3.05) is 13.6 Å². The zero-order valence-electron chi connectivity index (χ0n) is 15.2. The zero-order chi connectivity index (χ0) is 18.7. The molecule has 4 nitrogen and oxygen atoms in total. The van der Waals surface area contributed by atoms with Crippen molar-refractivity contribution in [2.45, 2.75) is 38.6 Å². The van der Waals surface area contributed by atoms with Crippen LogP contribution in [0.25, 0.3) is 0 Å². The fourth-order valence-corrected chi connectivity index (χ4v) is 2.76. The Bertz CT molecular complexity index is 706. The standard InChI is InChI=1S/C21H28NO3/c1-21(2,13-11-16-5-8-18(23)9-6-16)22(3,4)14-12-17-7-10-19(24)20(25)15-17/h3,5-10,15,23-25H,11-14H2,1-2,4H3/q+1. The van der Waals surface area contributed by atoms with Gasteiger partial charge in [-0.1, -0.05) is 18.2 Å². The first-order valence-corrected chi connectivity index (χ1v) is 8.54. The Morgan fingerprint density at radius 3 is 2.08 bits per heavy atom. The number of likely N-dealkylation sites (N-methyl/N-ethyl adjacent to an activating group) is 1. The predicted octanol–water partition coefficient (Wildman–Crippen LogP) is 3.87. The number of hydrogen-bond acceptors (Lipinski definition) is 3. The van der Waals surface area contributed by atoms with Crippen molar-refractivity contribution in [3.05, 3.63) is 60.6 Å². The summed E-state index contributed by atoms with van der Waals surface area (Å²) in [5.41, 5.74) is 1.98. The highest BCUT2D eigenvalue weighted by atomic mass is 16.3. The number of hydrogen-bond donors (Lipinski definition) is 3. The Morgan fingerprint density at radius 1 is 0.880 bits per heavy atom. The number of quaternary nitrogens is 1. The van der Waals surface area contributed by atoms with E-state index >= 15 is 0 Å². The first-order valence-electron chi connectivity index (χ1n) is 8.54. The lowest BCUT2D eigenvalue weighted by molar-refractivity contribution is -0.915. The summed E-state index contributed by atoms with van der Waals surface area (Å²) in [7, 11) is 8.60. The maximum atomic E-state index is 9.62. The van der Waals surface area contributed by atoms with Gasteiger partial charge in [-0.15, -0.1) is 0 Å². The quantitative estimate of drug-likeness (QED) is 0.529. The van der Waals surface area contributed by atoms with Gasteiger partial charge in [0.05, 0.1) is 19.1 Å². The van der Waals surface area contributed by atoms with Crippen molar-refractivity contribution in [2.24, 2.45) is 0 Å². The molecule has 0 spiro atoms. The first-order chi connectivity index (χ1) is 11.6. The van der Waals surface area contributed by atoms with Crippen LogP contribution in [0.1, 0.15) is 31.4 Å². The summed E-state index contributed by atoms with van der Waals surface area (Å²) >= 11 is 0. The number of phenols is 3. The molecule has 0 aliphatic carbocycles. The third-order valence-corrected chi connectivity index (χ3v) is 5.25. The van der Waals surface area contributed by atoms with Gasteiger partial charge in [-0.2, -0.15) is 0 Å². The van der Waals surface area contributed by atoms with Gasteiger partial charge in [-0.3, -0.25) is 0 Å². The fraction of sp³-hybridized carbons (Fsp3) is 0.381. The second-order valence-corrected chi connectivity index (χ2v) is 7.54. The molecule has 25 heavy (non-hydrogen) atoms. The third-order valence-electron chi connectivity index (χ3n) is 5.25. The van der Waals surface area contributed by atoms with E-state index in [9.17, 15) is 15.3 Å². The van der Waals surface area contributed by atoms with Gasteiger partial charge in [0.25, 0.3) is 0 Å². The molecule has 3 N–H and O–H groups in total. The molecule has 2 aromatic rings. The van der Waals surface area contributed by atoms with Gasteiger partial charge in [0.1, 0.15) is 5.75 Å². The average Bonchev–Trinajstić information content (AvgIpc) is 2.55. The predicted molar refractivity (Wildman–Crippen MR) is 99.3 cm³/mol. The topological polar surface area (TPSA) is 60.7 Å². The summed E-state index contributed by atoms with van der Waals surface area (Å²) in [6.45, 7) is 5.02. The Kier molecular flexibility index (Phi) is 5.63. The number of rotatable bonds is 7. The molecule has 0 amide bonds. The van der Waals surface area contributed by atoms with Gasteiger partial charge in [0.2, 0.25) is 7.05 Å². The Labute approximate surface area is 150 Å². The highest BCUT2D eigenvalue weighted by Gasteiger charge is 2.36. The molecule has 1 unspecified atom stereocenters. The third kappa shape index (κ3) is 4.89. The van der Waals surface area contributed by atoms with Gasteiger partial charge in [-0.25, -0.2) is 0 Å². The van der Waals surface area contributed by atoms with E-state index in [0.29, 0.717) is 17.4 Å². The SMILES string of the molecule is [CH][N+](C)(CCc1ccc(O)c(O)c1)C(C)(C)CCc1ccc(O)cc1. The van der Waals surface area contributed by atoms with Gasteiger partial charge in [0.15, 0.2) is 11.5 Å². The minimum Gasteiger partial charge on any atom is -0.508 e. The van der Waals surface area contributed by atoms with Crippen molar-refractivity contribution in [1.82, 2.24) is 0 Å². The van der Waals surface area contributed by atoms with E-state index in [2.05, 4.69) is 13.8 Å². The smallest absolute Gasteiger partial charge is 0.207 e. The van der Waals surface area contributed by atoms with Gasteiger partial charge in [-0.05, 0) is 55.7 Å². The number of aromatic hydroxyl groups is 3. The summed E-state index contributed by atoms with van der Waals surface area (Å²) in [4.78, 5) is 0. The molecular formula is C21H28NO3+. The van der Waals surface area contributed by atoms with Crippen molar-refractivity contribution in [1.29, 1.82) is 0 Å². The maximum absolute atomic E-state index is 9.62. The number of aryl methyl sites for hydroxylation is 1. The van der Waals surface area contributed by atoms with Crippen LogP contribution in [0.3, 0.4) is 0 Å². The number of benzene rings is 2. The lowest BCUT2D eigenvalue weighted by Gasteiger charge is -2.44. The van der Waals surface area contributed by atoms with Crippen LogP contribution < -0.4 is 0 Å². The lowest BCUT2D eigenvalue weighted by Crippen LogP contribution is -2.55. The van der Waals surface area contributed by atoms with Crippen molar-refractivity contribution >= 4 is 0 Å². The summed E-state index contributed by atoms with van der Waals surface area (Å²) in [5, 5.41) is 28.4. The second-order valence-electron chi connectivity index (χ2n) is 7.54. The number of phenolic OH excluding ortho intramolecular Hbond substituents is 3. The minimum atomic E-state index is -0.142. The Hall–Kier alpha value is -2.20. The highest BCUT2D eigenvalue weighted by Crippen LogP contribution is 2.29. The molecule has 0 aliphatic rings. The molecular weight excluding hydrogens is 314 g/mol. The average molecular weight is 342 g/mol. The molecule has 0 heterocycles. The second kappa shape index (κ2) is 7.36. The van der Waals surface area contributed by atoms with Crippen LogP contribution in [0, 0.1) is 7.05 Å². The summed E-state index contributed by atoms with van der Waals surface area (Å²) in [6, 6.07) is 12.2. The van der Waals surface area contributed by atoms with Crippen LogP contribution in [0.5, 0.6) is 17.2 Å².